The minimum absolute atomic E-state index is 0.546. The second kappa shape index (κ2) is 5.79. The highest BCUT2D eigenvalue weighted by atomic mass is 79.9. The maximum atomic E-state index is 6.25. The van der Waals surface area contributed by atoms with Crippen molar-refractivity contribution < 1.29 is 0 Å². The Hall–Kier alpha value is -0.990. The summed E-state index contributed by atoms with van der Waals surface area (Å²) in [5.41, 5.74) is 3.75. The number of benzene rings is 2. The van der Waals surface area contributed by atoms with Crippen molar-refractivity contribution in [1.29, 1.82) is 0 Å². The summed E-state index contributed by atoms with van der Waals surface area (Å²) in [5.74, 6) is 0.592. The van der Waals surface area contributed by atoms with Gasteiger partial charge in [-0.1, -0.05) is 45.7 Å². The Balaban J connectivity index is 1.62. The normalized spacial score (nSPS) is 21.4. The zero-order valence-electron chi connectivity index (χ0n) is 11.4. The van der Waals surface area contributed by atoms with Gasteiger partial charge in [-0.05, 0) is 61.1 Å². The molecule has 0 bridgehead atoms. The first-order chi connectivity index (χ1) is 9.61. The SMILES string of the molecule is Cc1cc(Br)cc(NC2CC(c3ccccc3Cl)C2)c1. The molecule has 1 N–H and O–H groups in total. The molecule has 0 radical (unpaired) electrons. The number of rotatable bonds is 3. The Labute approximate surface area is 133 Å². The molecular formula is C17H17BrClN. The van der Waals surface area contributed by atoms with Crippen LogP contribution in [-0.4, -0.2) is 6.04 Å². The smallest absolute Gasteiger partial charge is 0.0440 e. The highest BCUT2D eigenvalue weighted by Crippen LogP contribution is 2.41. The molecule has 0 aliphatic heterocycles. The third-order valence-corrected chi connectivity index (χ3v) is 4.70. The van der Waals surface area contributed by atoms with E-state index in [1.807, 2.05) is 12.1 Å². The van der Waals surface area contributed by atoms with Crippen molar-refractivity contribution in [2.45, 2.75) is 31.7 Å². The van der Waals surface area contributed by atoms with Gasteiger partial charge in [-0.15, -0.1) is 0 Å². The van der Waals surface area contributed by atoms with Crippen LogP contribution in [0.25, 0.3) is 0 Å². The average molecular weight is 351 g/mol. The van der Waals surface area contributed by atoms with Crippen LogP contribution in [-0.2, 0) is 0 Å². The summed E-state index contributed by atoms with van der Waals surface area (Å²) in [6, 6.07) is 15.2. The van der Waals surface area contributed by atoms with E-state index in [0.29, 0.717) is 12.0 Å². The molecule has 0 atom stereocenters. The molecule has 2 aromatic carbocycles. The molecule has 0 aromatic heterocycles. The van der Waals surface area contributed by atoms with Crippen LogP contribution >= 0.6 is 27.5 Å². The van der Waals surface area contributed by atoms with Gasteiger partial charge in [-0.25, -0.2) is 0 Å². The summed E-state index contributed by atoms with van der Waals surface area (Å²) >= 11 is 9.80. The van der Waals surface area contributed by atoms with Crippen LogP contribution in [0.2, 0.25) is 5.02 Å². The molecule has 2 aromatic rings. The lowest BCUT2D eigenvalue weighted by Crippen LogP contribution is -2.34. The van der Waals surface area contributed by atoms with E-state index < -0.39 is 0 Å². The lowest BCUT2D eigenvalue weighted by atomic mass is 9.76. The molecule has 20 heavy (non-hydrogen) atoms. The zero-order valence-corrected chi connectivity index (χ0v) is 13.7. The Morgan fingerprint density at radius 1 is 1.15 bits per heavy atom. The van der Waals surface area contributed by atoms with Gasteiger partial charge >= 0.3 is 0 Å². The second-order valence-electron chi connectivity index (χ2n) is 5.55. The minimum Gasteiger partial charge on any atom is -0.382 e. The largest absolute Gasteiger partial charge is 0.382 e. The first kappa shape index (κ1) is 14.0. The molecular weight excluding hydrogens is 334 g/mol. The van der Waals surface area contributed by atoms with Crippen LogP contribution in [0, 0.1) is 6.92 Å². The van der Waals surface area contributed by atoms with E-state index in [2.05, 4.69) is 58.5 Å². The van der Waals surface area contributed by atoms with E-state index in [1.165, 1.54) is 16.8 Å². The molecule has 104 valence electrons. The number of hydrogen-bond donors (Lipinski definition) is 1. The highest BCUT2D eigenvalue weighted by Gasteiger charge is 2.31. The molecule has 3 heteroatoms. The Kier molecular flexibility index (Phi) is 4.04. The van der Waals surface area contributed by atoms with E-state index in [1.54, 1.807) is 0 Å². The lowest BCUT2D eigenvalue weighted by Gasteiger charge is -2.37. The second-order valence-corrected chi connectivity index (χ2v) is 6.87. The number of nitrogens with one attached hydrogen (secondary N) is 1. The van der Waals surface area contributed by atoms with Crippen LogP contribution in [0.3, 0.4) is 0 Å². The Morgan fingerprint density at radius 3 is 2.60 bits per heavy atom. The molecule has 0 unspecified atom stereocenters. The standard InChI is InChI=1S/C17H17BrClN/c1-11-6-13(18)10-14(7-11)20-15-8-12(9-15)16-4-2-3-5-17(16)19/h2-7,10,12,15,20H,8-9H2,1H3. The van der Waals surface area contributed by atoms with Crippen molar-refractivity contribution in [3.05, 3.63) is 63.1 Å². The molecule has 0 heterocycles. The summed E-state index contributed by atoms with van der Waals surface area (Å²) < 4.78 is 1.13. The van der Waals surface area contributed by atoms with Crippen LogP contribution in [0.5, 0.6) is 0 Å². The number of anilines is 1. The van der Waals surface area contributed by atoms with Crippen molar-refractivity contribution in [1.82, 2.24) is 0 Å². The Bertz CT molecular complexity index is 600. The lowest BCUT2D eigenvalue weighted by molar-refractivity contribution is 0.374. The monoisotopic (exact) mass is 349 g/mol. The van der Waals surface area contributed by atoms with Gasteiger partial charge in [0.2, 0.25) is 0 Å². The first-order valence-electron chi connectivity index (χ1n) is 6.90. The van der Waals surface area contributed by atoms with E-state index in [-0.39, 0.29) is 0 Å². The molecule has 1 aliphatic carbocycles. The van der Waals surface area contributed by atoms with Gasteiger partial charge in [0.25, 0.3) is 0 Å². The van der Waals surface area contributed by atoms with Gasteiger partial charge in [-0.2, -0.15) is 0 Å². The third kappa shape index (κ3) is 3.02. The fraction of sp³-hybridized carbons (Fsp3) is 0.294. The van der Waals surface area contributed by atoms with E-state index >= 15 is 0 Å². The summed E-state index contributed by atoms with van der Waals surface area (Å²) in [7, 11) is 0. The van der Waals surface area contributed by atoms with E-state index in [0.717, 1.165) is 22.3 Å². The summed E-state index contributed by atoms with van der Waals surface area (Å²) in [4.78, 5) is 0. The quantitative estimate of drug-likeness (QED) is 0.741. The van der Waals surface area contributed by atoms with Gasteiger partial charge in [0, 0.05) is 21.2 Å². The maximum Gasteiger partial charge on any atom is 0.0440 e. The number of halogens is 2. The van der Waals surface area contributed by atoms with Crippen molar-refractivity contribution in [2.24, 2.45) is 0 Å². The minimum atomic E-state index is 0.546. The molecule has 3 rings (SSSR count). The third-order valence-electron chi connectivity index (χ3n) is 3.90. The van der Waals surface area contributed by atoms with Gasteiger partial charge in [0.05, 0.1) is 0 Å². The van der Waals surface area contributed by atoms with Crippen molar-refractivity contribution in [2.75, 3.05) is 5.32 Å². The van der Waals surface area contributed by atoms with Crippen LogP contribution in [0.1, 0.15) is 29.9 Å². The topological polar surface area (TPSA) is 12.0 Å². The Morgan fingerprint density at radius 2 is 1.90 bits per heavy atom. The molecule has 1 aliphatic rings. The van der Waals surface area contributed by atoms with Gasteiger partial charge in [0.1, 0.15) is 0 Å². The number of hydrogen-bond acceptors (Lipinski definition) is 1. The molecule has 0 spiro atoms. The predicted molar refractivity (Wildman–Crippen MR) is 89.7 cm³/mol. The summed E-state index contributed by atoms with van der Waals surface area (Å²) in [6.07, 6.45) is 2.30. The van der Waals surface area contributed by atoms with E-state index in [4.69, 9.17) is 11.6 Å². The van der Waals surface area contributed by atoms with Gasteiger partial charge < -0.3 is 5.32 Å². The molecule has 0 saturated heterocycles. The fourth-order valence-electron chi connectivity index (χ4n) is 2.85. The average Bonchev–Trinajstić information content (AvgIpc) is 2.33. The van der Waals surface area contributed by atoms with Crippen LogP contribution in [0.4, 0.5) is 5.69 Å². The van der Waals surface area contributed by atoms with Crippen LogP contribution in [0.15, 0.2) is 46.9 Å². The molecule has 1 nitrogen and oxygen atoms in total. The molecule has 1 fully saturated rings. The summed E-state index contributed by atoms with van der Waals surface area (Å²) in [6.45, 7) is 2.11. The molecule has 0 amide bonds. The van der Waals surface area contributed by atoms with Crippen molar-refractivity contribution >= 4 is 33.2 Å². The van der Waals surface area contributed by atoms with Crippen LogP contribution < -0.4 is 5.32 Å². The first-order valence-corrected chi connectivity index (χ1v) is 8.07. The summed E-state index contributed by atoms with van der Waals surface area (Å²) in [5, 5.41) is 4.50. The molecule has 1 saturated carbocycles. The fourth-order valence-corrected chi connectivity index (χ4v) is 3.75. The highest BCUT2D eigenvalue weighted by molar-refractivity contribution is 9.10. The van der Waals surface area contributed by atoms with Gasteiger partial charge in [0.15, 0.2) is 0 Å². The maximum absolute atomic E-state index is 6.25. The van der Waals surface area contributed by atoms with Gasteiger partial charge in [-0.3, -0.25) is 0 Å². The number of aryl methyl sites for hydroxylation is 1. The van der Waals surface area contributed by atoms with Crippen molar-refractivity contribution in [3.8, 4) is 0 Å². The van der Waals surface area contributed by atoms with Crippen molar-refractivity contribution in [3.63, 3.8) is 0 Å². The van der Waals surface area contributed by atoms with E-state index in [9.17, 15) is 0 Å². The predicted octanol–water partition coefficient (Wildman–Crippen LogP) is 5.77. The zero-order chi connectivity index (χ0) is 14.1.